The summed E-state index contributed by atoms with van der Waals surface area (Å²) in [5.41, 5.74) is 6.10. The van der Waals surface area contributed by atoms with E-state index in [0.717, 1.165) is 11.5 Å². The van der Waals surface area contributed by atoms with Gasteiger partial charge in [-0.2, -0.15) is 11.8 Å². The molecule has 1 saturated heterocycles. The third-order valence-corrected chi connectivity index (χ3v) is 3.94. The second-order valence-corrected chi connectivity index (χ2v) is 4.87. The van der Waals surface area contributed by atoms with Gasteiger partial charge >= 0.3 is 0 Å². The van der Waals surface area contributed by atoms with Crippen molar-refractivity contribution in [2.75, 3.05) is 5.75 Å². The van der Waals surface area contributed by atoms with E-state index in [-0.39, 0.29) is 18.4 Å². The molecule has 2 rings (SSSR count). The monoisotopic (exact) mass is 233 g/mol. The second kappa shape index (κ2) is 5.10. The first-order valence-corrected chi connectivity index (χ1v) is 5.76. The molecule has 4 heteroatoms. The molecule has 0 spiro atoms. The van der Waals surface area contributed by atoms with Crippen molar-refractivity contribution < 1.29 is 4.42 Å². The SMILES string of the molecule is Cc1ccc([C@H](N)[C@H]2CCCS2)o1.Cl. The Morgan fingerprint density at radius 2 is 2.36 bits per heavy atom. The van der Waals surface area contributed by atoms with Crippen LogP contribution in [0, 0.1) is 6.92 Å². The van der Waals surface area contributed by atoms with Crippen molar-refractivity contribution >= 4 is 24.2 Å². The van der Waals surface area contributed by atoms with Crippen molar-refractivity contribution in [3.05, 3.63) is 23.7 Å². The van der Waals surface area contributed by atoms with Gasteiger partial charge in [-0.3, -0.25) is 0 Å². The van der Waals surface area contributed by atoms with E-state index < -0.39 is 0 Å². The maximum Gasteiger partial charge on any atom is 0.121 e. The fourth-order valence-corrected chi connectivity index (χ4v) is 3.01. The highest BCUT2D eigenvalue weighted by atomic mass is 35.5. The van der Waals surface area contributed by atoms with Crippen molar-refractivity contribution in [2.24, 2.45) is 5.73 Å². The minimum absolute atomic E-state index is 0. The summed E-state index contributed by atoms with van der Waals surface area (Å²) < 4.78 is 5.52. The van der Waals surface area contributed by atoms with E-state index in [1.165, 1.54) is 18.6 Å². The summed E-state index contributed by atoms with van der Waals surface area (Å²) in [4.78, 5) is 0. The first-order valence-electron chi connectivity index (χ1n) is 4.71. The lowest BCUT2D eigenvalue weighted by molar-refractivity contribution is 0.437. The van der Waals surface area contributed by atoms with Gasteiger partial charge in [0, 0.05) is 5.25 Å². The molecule has 1 aliphatic rings. The molecule has 80 valence electrons. The van der Waals surface area contributed by atoms with E-state index in [0.29, 0.717) is 5.25 Å². The second-order valence-electron chi connectivity index (χ2n) is 3.53. The number of furan rings is 1. The molecule has 0 bridgehead atoms. The standard InChI is InChI=1S/C10H15NOS.ClH/c1-7-4-5-8(12-7)10(11)9-3-2-6-13-9;/h4-5,9-10H,2-3,6,11H2,1H3;1H/t9-,10+;/m1./s1. The van der Waals surface area contributed by atoms with E-state index in [9.17, 15) is 0 Å². The molecule has 1 aromatic rings. The Morgan fingerprint density at radius 1 is 1.57 bits per heavy atom. The number of halogens is 1. The third-order valence-electron chi connectivity index (χ3n) is 2.46. The predicted molar refractivity (Wildman–Crippen MR) is 63.1 cm³/mol. The quantitative estimate of drug-likeness (QED) is 0.854. The summed E-state index contributed by atoms with van der Waals surface area (Å²) in [7, 11) is 0. The van der Waals surface area contributed by atoms with Crippen LogP contribution in [0.2, 0.25) is 0 Å². The Balaban J connectivity index is 0.000000980. The van der Waals surface area contributed by atoms with Gasteiger partial charge in [0.2, 0.25) is 0 Å². The molecule has 0 aliphatic carbocycles. The molecule has 0 aromatic carbocycles. The van der Waals surface area contributed by atoms with Gasteiger partial charge in [-0.05, 0) is 37.7 Å². The van der Waals surface area contributed by atoms with Gasteiger partial charge in [-0.1, -0.05) is 0 Å². The highest BCUT2D eigenvalue weighted by Gasteiger charge is 2.25. The maximum absolute atomic E-state index is 6.10. The topological polar surface area (TPSA) is 39.2 Å². The molecule has 0 unspecified atom stereocenters. The summed E-state index contributed by atoms with van der Waals surface area (Å²) >= 11 is 1.97. The van der Waals surface area contributed by atoms with Crippen LogP contribution in [0.25, 0.3) is 0 Å². The zero-order chi connectivity index (χ0) is 9.26. The first kappa shape index (κ1) is 12.0. The number of hydrogen-bond acceptors (Lipinski definition) is 3. The zero-order valence-corrected chi connectivity index (χ0v) is 9.87. The lowest BCUT2D eigenvalue weighted by Gasteiger charge is -2.15. The Morgan fingerprint density at radius 3 is 2.86 bits per heavy atom. The average molecular weight is 234 g/mol. The minimum atomic E-state index is 0. The highest BCUT2D eigenvalue weighted by molar-refractivity contribution is 8.00. The first-order chi connectivity index (χ1) is 6.27. The van der Waals surface area contributed by atoms with Gasteiger partial charge in [-0.25, -0.2) is 0 Å². The van der Waals surface area contributed by atoms with Gasteiger partial charge in [-0.15, -0.1) is 12.4 Å². The van der Waals surface area contributed by atoms with Gasteiger partial charge in [0.25, 0.3) is 0 Å². The van der Waals surface area contributed by atoms with E-state index in [1.807, 2.05) is 30.8 Å². The van der Waals surface area contributed by atoms with Crippen molar-refractivity contribution in [1.82, 2.24) is 0 Å². The van der Waals surface area contributed by atoms with Crippen LogP contribution in [0.5, 0.6) is 0 Å². The number of rotatable bonds is 2. The van der Waals surface area contributed by atoms with Crippen LogP contribution in [0.15, 0.2) is 16.5 Å². The molecule has 1 fully saturated rings. The molecule has 0 radical (unpaired) electrons. The normalized spacial score (nSPS) is 23.1. The highest BCUT2D eigenvalue weighted by Crippen LogP contribution is 2.34. The number of nitrogens with two attached hydrogens (primary N) is 1. The molecule has 14 heavy (non-hydrogen) atoms. The number of aryl methyl sites for hydroxylation is 1. The third kappa shape index (κ3) is 2.47. The average Bonchev–Trinajstić information content (AvgIpc) is 2.72. The lowest BCUT2D eigenvalue weighted by Crippen LogP contribution is -2.20. The summed E-state index contributed by atoms with van der Waals surface area (Å²) in [5.74, 6) is 3.14. The van der Waals surface area contributed by atoms with Crippen LogP contribution in [0.4, 0.5) is 0 Å². The molecule has 2 N–H and O–H groups in total. The summed E-state index contributed by atoms with van der Waals surface area (Å²) in [5, 5.41) is 0.561. The Kier molecular flexibility index (Phi) is 4.35. The van der Waals surface area contributed by atoms with Gasteiger partial charge in [0.15, 0.2) is 0 Å². The molecule has 0 amide bonds. The molecular formula is C10H16ClNOS. The van der Waals surface area contributed by atoms with Crippen LogP contribution in [0.1, 0.15) is 30.4 Å². The molecule has 1 aliphatic heterocycles. The summed E-state index contributed by atoms with van der Waals surface area (Å²) in [6.45, 7) is 1.96. The van der Waals surface area contributed by atoms with Gasteiger partial charge < -0.3 is 10.2 Å². The molecule has 0 saturated carbocycles. The zero-order valence-electron chi connectivity index (χ0n) is 8.23. The minimum Gasteiger partial charge on any atom is -0.465 e. The number of thioether (sulfide) groups is 1. The maximum atomic E-state index is 6.10. The fraction of sp³-hybridized carbons (Fsp3) is 0.600. The van der Waals surface area contributed by atoms with E-state index >= 15 is 0 Å². The summed E-state index contributed by atoms with van der Waals surface area (Å²) in [6, 6.07) is 4.06. The van der Waals surface area contributed by atoms with Crippen LogP contribution < -0.4 is 5.73 Å². The predicted octanol–water partition coefficient (Wildman–Crippen LogP) is 2.91. The van der Waals surface area contributed by atoms with Crippen molar-refractivity contribution in [3.63, 3.8) is 0 Å². The van der Waals surface area contributed by atoms with E-state index in [2.05, 4.69) is 0 Å². The van der Waals surface area contributed by atoms with Gasteiger partial charge in [0.1, 0.15) is 11.5 Å². The molecule has 2 atom stereocenters. The molecular weight excluding hydrogens is 218 g/mol. The van der Waals surface area contributed by atoms with Crippen molar-refractivity contribution in [3.8, 4) is 0 Å². The van der Waals surface area contributed by atoms with E-state index in [1.54, 1.807) is 0 Å². The lowest BCUT2D eigenvalue weighted by atomic mass is 10.1. The Bertz CT molecular complexity index is 283. The van der Waals surface area contributed by atoms with Crippen molar-refractivity contribution in [2.45, 2.75) is 31.1 Å². The number of hydrogen-bond donors (Lipinski definition) is 1. The van der Waals surface area contributed by atoms with Crippen molar-refractivity contribution in [1.29, 1.82) is 0 Å². The van der Waals surface area contributed by atoms with Crippen LogP contribution >= 0.6 is 24.2 Å². The summed E-state index contributed by atoms with van der Waals surface area (Å²) in [6.07, 6.45) is 2.52. The van der Waals surface area contributed by atoms with Gasteiger partial charge in [0.05, 0.1) is 6.04 Å². The smallest absolute Gasteiger partial charge is 0.121 e. The largest absolute Gasteiger partial charge is 0.465 e. The van der Waals surface area contributed by atoms with Crippen LogP contribution in [0.3, 0.4) is 0 Å². The van der Waals surface area contributed by atoms with E-state index in [4.69, 9.17) is 10.2 Å². The molecule has 2 heterocycles. The molecule has 1 aromatic heterocycles. The van der Waals surface area contributed by atoms with Crippen LogP contribution in [-0.4, -0.2) is 11.0 Å². The fourth-order valence-electron chi connectivity index (χ4n) is 1.70. The molecule has 2 nitrogen and oxygen atoms in total. The Labute approximate surface area is 95.0 Å². The Hall–Kier alpha value is -0.120. The van der Waals surface area contributed by atoms with Crippen LogP contribution in [-0.2, 0) is 0 Å².